The average Bonchev–Trinajstić information content (AvgIpc) is 3.01. The summed E-state index contributed by atoms with van der Waals surface area (Å²) in [7, 11) is 0. The van der Waals surface area contributed by atoms with Crippen molar-refractivity contribution in [3.63, 3.8) is 0 Å². The predicted molar refractivity (Wildman–Crippen MR) is 79.2 cm³/mol. The van der Waals surface area contributed by atoms with Gasteiger partial charge in [0, 0.05) is 5.38 Å². The van der Waals surface area contributed by atoms with E-state index in [0.29, 0.717) is 5.92 Å². The van der Waals surface area contributed by atoms with Gasteiger partial charge in [-0.2, -0.15) is 0 Å². The number of hydrogen-bond donors (Lipinski definition) is 1. The first-order valence-corrected chi connectivity index (χ1v) is 8.16. The fraction of sp³-hybridized carbons (Fsp3) is 0.800. The number of nitrogens with one attached hydrogen (secondary N) is 1. The van der Waals surface area contributed by atoms with Crippen molar-refractivity contribution in [2.45, 2.75) is 64.8 Å². The Morgan fingerprint density at radius 2 is 2.11 bits per heavy atom. The minimum absolute atomic E-state index is 0.0864. The number of hydrogen-bond acceptors (Lipinski definition) is 3. The molecule has 1 saturated carbocycles. The zero-order chi connectivity index (χ0) is 13.2. The molecule has 1 aliphatic rings. The van der Waals surface area contributed by atoms with Gasteiger partial charge in [0.15, 0.2) is 0 Å². The molecule has 1 N–H and O–H groups in total. The van der Waals surface area contributed by atoms with Gasteiger partial charge in [0.05, 0.1) is 11.2 Å². The molecule has 1 aromatic rings. The van der Waals surface area contributed by atoms with E-state index in [9.17, 15) is 0 Å². The third kappa shape index (κ3) is 2.62. The van der Waals surface area contributed by atoms with Crippen LogP contribution in [-0.2, 0) is 5.54 Å². The Hall–Kier alpha value is -0.410. The molecule has 0 saturated heterocycles. The summed E-state index contributed by atoms with van der Waals surface area (Å²) in [5.74, 6) is 1.29. The zero-order valence-corrected chi connectivity index (χ0v) is 12.9. The van der Waals surface area contributed by atoms with Gasteiger partial charge in [-0.05, 0) is 38.1 Å². The maximum Gasteiger partial charge on any atom is 0.113 e. The van der Waals surface area contributed by atoms with Crippen molar-refractivity contribution in [2.24, 2.45) is 5.92 Å². The Labute approximate surface area is 115 Å². The van der Waals surface area contributed by atoms with Crippen molar-refractivity contribution in [1.29, 1.82) is 0 Å². The highest BCUT2D eigenvalue weighted by atomic mass is 32.1. The molecule has 1 fully saturated rings. The highest BCUT2D eigenvalue weighted by Gasteiger charge is 2.39. The standard InChI is InChI=1S/C15H26N2S/c1-5-16-15(4,12-8-6-7-9-12)14-17-13(10-18-14)11(2)3/h10-12,16H,5-9H2,1-4H3. The van der Waals surface area contributed by atoms with Gasteiger partial charge in [0.25, 0.3) is 0 Å². The minimum Gasteiger partial charge on any atom is -0.306 e. The maximum atomic E-state index is 4.90. The molecule has 18 heavy (non-hydrogen) atoms. The van der Waals surface area contributed by atoms with E-state index >= 15 is 0 Å². The molecule has 1 aromatic heterocycles. The van der Waals surface area contributed by atoms with Crippen molar-refractivity contribution >= 4 is 11.3 Å². The summed E-state index contributed by atoms with van der Waals surface area (Å²) in [5, 5.41) is 7.25. The van der Waals surface area contributed by atoms with Crippen LogP contribution in [0.4, 0.5) is 0 Å². The van der Waals surface area contributed by atoms with Crippen LogP contribution in [0.3, 0.4) is 0 Å². The van der Waals surface area contributed by atoms with Crippen LogP contribution in [0.1, 0.15) is 70.0 Å². The highest BCUT2D eigenvalue weighted by Crippen LogP contribution is 2.41. The van der Waals surface area contributed by atoms with E-state index in [1.54, 1.807) is 0 Å². The first kappa shape index (κ1) is 14.0. The van der Waals surface area contributed by atoms with Crippen LogP contribution in [0.15, 0.2) is 5.38 Å². The quantitative estimate of drug-likeness (QED) is 0.860. The lowest BCUT2D eigenvalue weighted by Gasteiger charge is -2.34. The molecule has 1 aliphatic carbocycles. The van der Waals surface area contributed by atoms with Crippen LogP contribution in [-0.4, -0.2) is 11.5 Å². The summed E-state index contributed by atoms with van der Waals surface area (Å²) in [6.45, 7) is 10.0. The summed E-state index contributed by atoms with van der Waals surface area (Å²) in [4.78, 5) is 4.90. The lowest BCUT2D eigenvalue weighted by Crippen LogP contribution is -2.45. The second kappa shape index (κ2) is 5.70. The maximum absolute atomic E-state index is 4.90. The third-order valence-corrected chi connectivity index (χ3v) is 5.37. The fourth-order valence-electron chi connectivity index (χ4n) is 3.05. The average molecular weight is 266 g/mol. The smallest absolute Gasteiger partial charge is 0.113 e. The SMILES string of the molecule is CCNC(C)(c1nc(C(C)C)cs1)C1CCCC1. The minimum atomic E-state index is 0.0864. The van der Waals surface area contributed by atoms with Crippen LogP contribution >= 0.6 is 11.3 Å². The van der Waals surface area contributed by atoms with Crippen LogP contribution in [0.25, 0.3) is 0 Å². The topological polar surface area (TPSA) is 24.9 Å². The Balaban J connectivity index is 2.27. The molecule has 1 unspecified atom stereocenters. The first-order chi connectivity index (χ1) is 8.58. The van der Waals surface area contributed by atoms with Crippen LogP contribution in [0.2, 0.25) is 0 Å². The molecule has 2 rings (SSSR count). The summed E-state index contributed by atoms with van der Waals surface area (Å²) < 4.78 is 0. The van der Waals surface area contributed by atoms with Crippen LogP contribution < -0.4 is 5.32 Å². The third-order valence-electron chi connectivity index (χ3n) is 4.27. The van der Waals surface area contributed by atoms with E-state index in [0.717, 1.165) is 12.5 Å². The largest absolute Gasteiger partial charge is 0.306 e. The van der Waals surface area contributed by atoms with Crippen molar-refractivity contribution in [2.75, 3.05) is 6.54 Å². The molecular weight excluding hydrogens is 240 g/mol. The Morgan fingerprint density at radius 3 is 2.61 bits per heavy atom. The summed E-state index contributed by atoms with van der Waals surface area (Å²) in [5.41, 5.74) is 1.33. The van der Waals surface area contributed by atoms with E-state index in [2.05, 4.69) is 38.4 Å². The van der Waals surface area contributed by atoms with Gasteiger partial charge in [-0.25, -0.2) is 4.98 Å². The number of nitrogens with zero attached hydrogens (tertiary/aromatic N) is 1. The summed E-state index contributed by atoms with van der Waals surface area (Å²) in [6, 6.07) is 0. The summed E-state index contributed by atoms with van der Waals surface area (Å²) in [6.07, 6.45) is 5.46. The second-order valence-corrected chi connectivity index (χ2v) is 6.80. The zero-order valence-electron chi connectivity index (χ0n) is 12.1. The van der Waals surface area contributed by atoms with Gasteiger partial charge >= 0.3 is 0 Å². The molecule has 0 bridgehead atoms. The molecule has 102 valence electrons. The lowest BCUT2D eigenvalue weighted by molar-refractivity contribution is 0.238. The van der Waals surface area contributed by atoms with E-state index < -0.39 is 0 Å². The molecule has 2 nitrogen and oxygen atoms in total. The predicted octanol–water partition coefficient (Wildman–Crippen LogP) is 4.28. The van der Waals surface area contributed by atoms with Crippen molar-refractivity contribution in [3.05, 3.63) is 16.1 Å². The molecule has 0 amide bonds. The van der Waals surface area contributed by atoms with Crippen molar-refractivity contribution in [3.8, 4) is 0 Å². The molecule has 0 spiro atoms. The van der Waals surface area contributed by atoms with Gasteiger partial charge in [0.1, 0.15) is 5.01 Å². The van der Waals surface area contributed by atoms with Crippen molar-refractivity contribution in [1.82, 2.24) is 10.3 Å². The van der Waals surface area contributed by atoms with E-state index in [-0.39, 0.29) is 5.54 Å². The van der Waals surface area contributed by atoms with Crippen molar-refractivity contribution < 1.29 is 0 Å². The number of thiazole rings is 1. The van der Waals surface area contributed by atoms with Gasteiger partial charge in [-0.3, -0.25) is 0 Å². The Bertz CT molecular complexity index is 380. The molecular formula is C15H26N2S. The van der Waals surface area contributed by atoms with Gasteiger partial charge < -0.3 is 5.32 Å². The molecule has 0 aliphatic heterocycles. The van der Waals surface area contributed by atoms with Crippen LogP contribution in [0, 0.1) is 5.92 Å². The van der Waals surface area contributed by atoms with Gasteiger partial charge in [-0.1, -0.05) is 33.6 Å². The second-order valence-electron chi connectivity index (χ2n) is 5.95. The molecule has 0 radical (unpaired) electrons. The summed E-state index contributed by atoms with van der Waals surface area (Å²) >= 11 is 1.84. The number of rotatable bonds is 5. The molecule has 1 heterocycles. The highest BCUT2D eigenvalue weighted by molar-refractivity contribution is 7.09. The van der Waals surface area contributed by atoms with Crippen LogP contribution in [0.5, 0.6) is 0 Å². The van der Waals surface area contributed by atoms with E-state index in [1.165, 1.54) is 36.4 Å². The normalized spacial score (nSPS) is 20.5. The fourth-order valence-corrected chi connectivity index (χ4v) is 4.25. The van der Waals surface area contributed by atoms with E-state index in [1.807, 2.05) is 11.3 Å². The molecule has 1 atom stereocenters. The Kier molecular flexibility index (Phi) is 4.44. The van der Waals surface area contributed by atoms with Gasteiger partial charge in [0.2, 0.25) is 0 Å². The number of aromatic nitrogens is 1. The van der Waals surface area contributed by atoms with Gasteiger partial charge in [-0.15, -0.1) is 11.3 Å². The molecule has 0 aromatic carbocycles. The monoisotopic (exact) mass is 266 g/mol. The van der Waals surface area contributed by atoms with E-state index in [4.69, 9.17) is 4.98 Å². The molecule has 3 heteroatoms. The Morgan fingerprint density at radius 1 is 1.44 bits per heavy atom. The lowest BCUT2D eigenvalue weighted by atomic mass is 9.84. The first-order valence-electron chi connectivity index (χ1n) is 7.28.